The summed E-state index contributed by atoms with van der Waals surface area (Å²) >= 11 is 0. The third kappa shape index (κ3) is 4.90. The van der Waals surface area contributed by atoms with Gasteiger partial charge >= 0.3 is 0 Å². The van der Waals surface area contributed by atoms with Crippen molar-refractivity contribution in [2.45, 2.75) is 38.1 Å². The standard InChI is InChI=1S/C17H27NO3/c1-20-16-9-5-6-10-17(16)21-14-12-18(11-13-19)15-7-3-2-4-8-15/h5-6,9-10,15,19H,2-4,7-8,11-14H2,1H3. The van der Waals surface area contributed by atoms with E-state index in [4.69, 9.17) is 9.47 Å². The van der Waals surface area contributed by atoms with Crippen molar-refractivity contribution in [1.29, 1.82) is 0 Å². The normalized spacial score (nSPS) is 16.1. The Morgan fingerprint density at radius 3 is 2.48 bits per heavy atom. The number of hydrogen-bond acceptors (Lipinski definition) is 4. The van der Waals surface area contributed by atoms with Gasteiger partial charge in [0.1, 0.15) is 6.61 Å². The van der Waals surface area contributed by atoms with Crippen molar-refractivity contribution in [3.63, 3.8) is 0 Å². The van der Waals surface area contributed by atoms with Crippen LogP contribution in [0.2, 0.25) is 0 Å². The van der Waals surface area contributed by atoms with Crippen LogP contribution in [0.4, 0.5) is 0 Å². The van der Waals surface area contributed by atoms with Gasteiger partial charge in [0, 0.05) is 19.1 Å². The number of hydrogen-bond donors (Lipinski definition) is 1. The first kappa shape index (κ1) is 16.1. The van der Waals surface area contributed by atoms with E-state index in [-0.39, 0.29) is 6.61 Å². The van der Waals surface area contributed by atoms with Gasteiger partial charge in [-0.15, -0.1) is 0 Å². The molecule has 0 saturated heterocycles. The summed E-state index contributed by atoms with van der Waals surface area (Å²) in [5, 5.41) is 9.26. The molecule has 0 aromatic heterocycles. The summed E-state index contributed by atoms with van der Waals surface area (Å²) in [6.45, 7) is 2.42. The Labute approximate surface area is 127 Å². The van der Waals surface area contributed by atoms with Crippen LogP contribution in [0, 0.1) is 0 Å². The molecule has 0 aliphatic heterocycles. The Balaban J connectivity index is 1.83. The molecule has 118 valence electrons. The highest BCUT2D eigenvalue weighted by Crippen LogP contribution is 2.26. The van der Waals surface area contributed by atoms with E-state index >= 15 is 0 Å². The molecular weight excluding hydrogens is 266 g/mol. The second kappa shape index (κ2) is 8.90. The first-order valence-corrected chi connectivity index (χ1v) is 7.96. The topological polar surface area (TPSA) is 41.9 Å². The minimum Gasteiger partial charge on any atom is -0.493 e. The molecule has 0 spiro atoms. The maximum absolute atomic E-state index is 9.26. The van der Waals surface area contributed by atoms with Crippen LogP contribution in [-0.2, 0) is 0 Å². The van der Waals surface area contributed by atoms with Crippen LogP contribution in [-0.4, -0.2) is 49.5 Å². The number of aliphatic hydroxyl groups is 1. The number of methoxy groups -OCH3 is 1. The van der Waals surface area contributed by atoms with Gasteiger partial charge < -0.3 is 14.6 Å². The third-order valence-electron chi connectivity index (χ3n) is 4.18. The lowest BCUT2D eigenvalue weighted by molar-refractivity contribution is 0.105. The first-order chi connectivity index (χ1) is 10.3. The lowest BCUT2D eigenvalue weighted by atomic mass is 9.94. The van der Waals surface area contributed by atoms with E-state index in [1.165, 1.54) is 32.1 Å². The average molecular weight is 293 g/mol. The van der Waals surface area contributed by atoms with E-state index in [1.54, 1.807) is 7.11 Å². The molecule has 1 fully saturated rings. The number of ether oxygens (including phenoxy) is 2. The molecule has 4 heteroatoms. The Morgan fingerprint density at radius 1 is 1.10 bits per heavy atom. The Morgan fingerprint density at radius 2 is 1.81 bits per heavy atom. The average Bonchev–Trinajstić information content (AvgIpc) is 2.55. The Bertz CT molecular complexity index is 405. The molecule has 2 rings (SSSR count). The zero-order valence-corrected chi connectivity index (χ0v) is 13.0. The largest absolute Gasteiger partial charge is 0.493 e. The minimum atomic E-state index is 0.213. The lowest BCUT2D eigenvalue weighted by Crippen LogP contribution is -2.41. The Kier molecular flexibility index (Phi) is 6.83. The molecule has 4 nitrogen and oxygen atoms in total. The molecule has 21 heavy (non-hydrogen) atoms. The van der Waals surface area contributed by atoms with Crippen LogP contribution in [0.15, 0.2) is 24.3 Å². The highest BCUT2D eigenvalue weighted by Gasteiger charge is 2.20. The van der Waals surface area contributed by atoms with Gasteiger partial charge in [0.05, 0.1) is 13.7 Å². The molecule has 0 atom stereocenters. The van der Waals surface area contributed by atoms with Gasteiger partial charge in [0.15, 0.2) is 11.5 Å². The van der Waals surface area contributed by atoms with Crippen molar-refractivity contribution in [1.82, 2.24) is 4.90 Å². The molecule has 0 heterocycles. The molecule has 0 bridgehead atoms. The van der Waals surface area contributed by atoms with Gasteiger partial charge in [-0.3, -0.25) is 4.90 Å². The fraction of sp³-hybridized carbons (Fsp3) is 0.647. The van der Waals surface area contributed by atoms with E-state index in [0.29, 0.717) is 12.6 Å². The first-order valence-electron chi connectivity index (χ1n) is 7.96. The third-order valence-corrected chi connectivity index (χ3v) is 4.18. The molecule has 0 amide bonds. The number of benzene rings is 1. The number of nitrogens with zero attached hydrogens (tertiary/aromatic N) is 1. The maximum atomic E-state index is 9.26. The summed E-state index contributed by atoms with van der Waals surface area (Å²) < 4.78 is 11.1. The van der Waals surface area contributed by atoms with Gasteiger partial charge in [0.2, 0.25) is 0 Å². The summed E-state index contributed by atoms with van der Waals surface area (Å²) in [7, 11) is 1.66. The fourth-order valence-electron chi connectivity index (χ4n) is 3.06. The number of aliphatic hydroxyl groups excluding tert-OH is 1. The molecule has 1 aliphatic rings. The summed E-state index contributed by atoms with van der Waals surface area (Å²) in [6.07, 6.45) is 6.45. The van der Waals surface area contributed by atoms with Crippen molar-refractivity contribution in [3.8, 4) is 11.5 Å². The number of para-hydroxylation sites is 2. The van der Waals surface area contributed by atoms with E-state index in [9.17, 15) is 5.11 Å². The van der Waals surface area contributed by atoms with Gasteiger partial charge in [-0.2, -0.15) is 0 Å². The van der Waals surface area contributed by atoms with Crippen LogP contribution in [0.3, 0.4) is 0 Å². The van der Waals surface area contributed by atoms with Crippen molar-refractivity contribution in [2.24, 2.45) is 0 Å². The van der Waals surface area contributed by atoms with Crippen molar-refractivity contribution in [3.05, 3.63) is 24.3 Å². The van der Waals surface area contributed by atoms with E-state index < -0.39 is 0 Å². The van der Waals surface area contributed by atoms with Crippen LogP contribution in [0.1, 0.15) is 32.1 Å². The van der Waals surface area contributed by atoms with Gasteiger partial charge in [-0.1, -0.05) is 31.4 Å². The summed E-state index contributed by atoms with van der Waals surface area (Å²) in [5.41, 5.74) is 0. The predicted molar refractivity (Wildman–Crippen MR) is 84.0 cm³/mol. The highest BCUT2D eigenvalue weighted by atomic mass is 16.5. The quantitative estimate of drug-likeness (QED) is 0.800. The molecule has 1 saturated carbocycles. The smallest absolute Gasteiger partial charge is 0.161 e. The van der Waals surface area contributed by atoms with E-state index in [2.05, 4.69) is 4.90 Å². The summed E-state index contributed by atoms with van der Waals surface area (Å²) in [4.78, 5) is 2.37. The SMILES string of the molecule is COc1ccccc1OCCN(CCO)C1CCCCC1. The van der Waals surface area contributed by atoms with Gasteiger partial charge in [0.25, 0.3) is 0 Å². The van der Waals surface area contributed by atoms with Crippen molar-refractivity contribution in [2.75, 3.05) is 33.4 Å². The number of rotatable bonds is 8. The zero-order valence-electron chi connectivity index (χ0n) is 13.0. The Hall–Kier alpha value is -1.26. The minimum absolute atomic E-state index is 0.213. The maximum Gasteiger partial charge on any atom is 0.161 e. The van der Waals surface area contributed by atoms with E-state index in [1.807, 2.05) is 24.3 Å². The van der Waals surface area contributed by atoms with Crippen LogP contribution in [0.25, 0.3) is 0 Å². The molecule has 1 N–H and O–H groups in total. The van der Waals surface area contributed by atoms with Crippen LogP contribution >= 0.6 is 0 Å². The zero-order chi connectivity index (χ0) is 14.9. The van der Waals surface area contributed by atoms with Crippen LogP contribution in [0.5, 0.6) is 11.5 Å². The van der Waals surface area contributed by atoms with Crippen molar-refractivity contribution < 1.29 is 14.6 Å². The second-order valence-electron chi connectivity index (χ2n) is 5.55. The summed E-state index contributed by atoms with van der Waals surface area (Å²) in [6, 6.07) is 8.32. The highest BCUT2D eigenvalue weighted by molar-refractivity contribution is 5.39. The molecular formula is C17H27NO3. The predicted octanol–water partition coefficient (Wildman–Crippen LogP) is 2.70. The van der Waals surface area contributed by atoms with Gasteiger partial charge in [-0.05, 0) is 25.0 Å². The van der Waals surface area contributed by atoms with Crippen LogP contribution < -0.4 is 9.47 Å². The molecule has 1 aliphatic carbocycles. The van der Waals surface area contributed by atoms with E-state index in [0.717, 1.165) is 24.6 Å². The fourth-order valence-corrected chi connectivity index (χ4v) is 3.06. The van der Waals surface area contributed by atoms with Gasteiger partial charge in [-0.25, -0.2) is 0 Å². The second-order valence-corrected chi connectivity index (χ2v) is 5.55. The summed E-state index contributed by atoms with van der Waals surface area (Å²) in [5.74, 6) is 1.55. The molecule has 0 radical (unpaired) electrons. The lowest BCUT2D eigenvalue weighted by Gasteiger charge is -2.33. The molecule has 1 aromatic rings. The monoisotopic (exact) mass is 293 g/mol. The molecule has 1 aromatic carbocycles. The molecule has 0 unspecified atom stereocenters. The van der Waals surface area contributed by atoms with Crippen molar-refractivity contribution >= 4 is 0 Å².